The molecule has 6 heteroatoms. The van der Waals surface area contributed by atoms with Gasteiger partial charge in [0, 0.05) is 36.6 Å². The number of rotatable bonds is 4. The van der Waals surface area contributed by atoms with Crippen LogP contribution in [0.25, 0.3) is 0 Å². The molecule has 2 heterocycles. The molecule has 6 nitrogen and oxygen atoms in total. The van der Waals surface area contributed by atoms with E-state index < -0.39 is 0 Å². The molecule has 0 bridgehead atoms. The Morgan fingerprint density at radius 3 is 3.00 bits per heavy atom. The maximum atomic E-state index is 12.7. The van der Waals surface area contributed by atoms with Gasteiger partial charge in [-0.15, -0.1) is 0 Å². The summed E-state index contributed by atoms with van der Waals surface area (Å²) < 4.78 is 5.40. The van der Waals surface area contributed by atoms with Crippen LogP contribution in [0.5, 0.6) is 0 Å². The van der Waals surface area contributed by atoms with E-state index in [0.29, 0.717) is 6.42 Å². The lowest BCUT2D eigenvalue weighted by Gasteiger charge is -2.28. The van der Waals surface area contributed by atoms with Crippen molar-refractivity contribution in [3.8, 4) is 0 Å². The highest BCUT2D eigenvalue weighted by atomic mass is 16.5. The number of aryl methyl sites for hydroxylation is 2. The lowest BCUT2D eigenvalue weighted by atomic mass is 9.86. The van der Waals surface area contributed by atoms with Crippen LogP contribution in [-0.2, 0) is 28.8 Å². The van der Waals surface area contributed by atoms with Crippen LogP contribution >= 0.6 is 0 Å². The number of aromatic nitrogens is 2. The summed E-state index contributed by atoms with van der Waals surface area (Å²) in [6.45, 7) is 5.23. The summed E-state index contributed by atoms with van der Waals surface area (Å²) in [5.74, 6) is 0.850. The van der Waals surface area contributed by atoms with Gasteiger partial charge in [0.05, 0.1) is 13.2 Å². The Labute approximate surface area is 160 Å². The molecular weight excluding hydrogens is 340 g/mol. The fourth-order valence-electron chi connectivity index (χ4n) is 3.75. The third-order valence-electron chi connectivity index (χ3n) is 5.40. The number of hydrogen-bond donors (Lipinski definition) is 1. The first-order valence-corrected chi connectivity index (χ1v) is 9.80. The number of ether oxygens (including phenoxy) is 1. The van der Waals surface area contributed by atoms with Gasteiger partial charge in [-0.05, 0) is 48.9 Å². The molecule has 1 aliphatic heterocycles. The van der Waals surface area contributed by atoms with Crippen molar-refractivity contribution in [1.29, 1.82) is 0 Å². The van der Waals surface area contributed by atoms with Crippen molar-refractivity contribution >= 4 is 17.5 Å². The summed E-state index contributed by atoms with van der Waals surface area (Å²) in [6.07, 6.45) is 5.22. The zero-order chi connectivity index (χ0) is 18.6. The molecule has 0 radical (unpaired) electrons. The Kier molecular flexibility index (Phi) is 5.34. The van der Waals surface area contributed by atoms with Crippen molar-refractivity contribution in [3.05, 3.63) is 47.3 Å². The Morgan fingerprint density at radius 2 is 2.19 bits per heavy atom. The van der Waals surface area contributed by atoms with Gasteiger partial charge in [-0.1, -0.05) is 19.1 Å². The van der Waals surface area contributed by atoms with Crippen molar-refractivity contribution < 1.29 is 9.53 Å². The number of amides is 1. The van der Waals surface area contributed by atoms with Crippen molar-refractivity contribution in [2.75, 3.05) is 36.5 Å². The maximum absolute atomic E-state index is 12.7. The Morgan fingerprint density at radius 1 is 1.33 bits per heavy atom. The lowest BCUT2D eigenvalue weighted by molar-refractivity contribution is -0.120. The first-order chi connectivity index (χ1) is 13.2. The van der Waals surface area contributed by atoms with E-state index in [1.165, 1.54) is 5.56 Å². The minimum atomic E-state index is -0.0272. The van der Waals surface area contributed by atoms with Gasteiger partial charge in [0.25, 0.3) is 0 Å². The van der Waals surface area contributed by atoms with E-state index in [2.05, 4.69) is 28.2 Å². The molecule has 0 saturated carbocycles. The van der Waals surface area contributed by atoms with Gasteiger partial charge in [-0.3, -0.25) is 4.79 Å². The van der Waals surface area contributed by atoms with Gasteiger partial charge in [0.2, 0.25) is 11.9 Å². The van der Waals surface area contributed by atoms with E-state index in [0.717, 1.165) is 68.5 Å². The molecule has 4 rings (SSSR count). The molecule has 1 atom stereocenters. The minimum Gasteiger partial charge on any atom is -0.378 e. The number of nitrogens with zero attached hydrogens (tertiary/aromatic N) is 3. The minimum absolute atomic E-state index is 0.0272. The third-order valence-corrected chi connectivity index (χ3v) is 5.40. The van der Waals surface area contributed by atoms with Gasteiger partial charge in [0.15, 0.2) is 0 Å². The number of benzene rings is 1. The lowest BCUT2D eigenvalue weighted by Crippen LogP contribution is -2.38. The number of anilines is 2. The summed E-state index contributed by atoms with van der Waals surface area (Å²) in [5, 5.41) is 3.08. The monoisotopic (exact) mass is 366 g/mol. The smallest absolute Gasteiger partial charge is 0.227 e. The molecule has 1 N–H and O–H groups in total. The van der Waals surface area contributed by atoms with Crippen LogP contribution in [0.2, 0.25) is 0 Å². The first-order valence-electron chi connectivity index (χ1n) is 9.80. The largest absolute Gasteiger partial charge is 0.378 e. The second kappa shape index (κ2) is 8.05. The zero-order valence-corrected chi connectivity index (χ0v) is 15.8. The topological polar surface area (TPSA) is 67.4 Å². The predicted molar refractivity (Wildman–Crippen MR) is 105 cm³/mol. The van der Waals surface area contributed by atoms with Gasteiger partial charge in [0.1, 0.15) is 0 Å². The number of carbonyl (C=O) groups is 1. The quantitative estimate of drug-likeness (QED) is 0.901. The van der Waals surface area contributed by atoms with Crippen LogP contribution < -0.4 is 10.2 Å². The Bertz CT molecular complexity index is 818. The van der Waals surface area contributed by atoms with E-state index in [-0.39, 0.29) is 11.8 Å². The molecule has 1 aliphatic carbocycles. The second-order valence-electron chi connectivity index (χ2n) is 7.22. The molecule has 2 aromatic rings. The van der Waals surface area contributed by atoms with E-state index >= 15 is 0 Å². The number of fused-ring (bicyclic) bond motifs is 1. The van der Waals surface area contributed by atoms with E-state index in [9.17, 15) is 4.79 Å². The highest BCUT2D eigenvalue weighted by Gasteiger charge is 2.27. The van der Waals surface area contributed by atoms with Crippen LogP contribution in [0.1, 0.15) is 30.2 Å². The van der Waals surface area contributed by atoms with E-state index in [1.54, 1.807) is 0 Å². The van der Waals surface area contributed by atoms with Crippen LogP contribution in [0.3, 0.4) is 0 Å². The summed E-state index contributed by atoms with van der Waals surface area (Å²) in [5.41, 5.74) is 4.29. The predicted octanol–water partition coefficient (Wildman–Crippen LogP) is 2.62. The van der Waals surface area contributed by atoms with Gasteiger partial charge < -0.3 is 15.0 Å². The molecule has 1 amide bonds. The summed E-state index contributed by atoms with van der Waals surface area (Å²) in [4.78, 5) is 24.2. The molecular formula is C21H26N4O2. The third kappa shape index (κ3) is 4.11. The number of nitrogens with one attached hydrogen (secondary N) is 1. The molecule has 27 heavy (non-hydrogen) atoms. The van der Waals surface area contributed by atoms with Crippen LogP contribution in [-0.4, -0.2) is 42.2 Å². The standard InChI is InChI=1S/C21H26N4O2/c1-2-15-4-3-5-18(12-15)23-20(26)16-6-7-19-17(13-16)14-22-21(24-19)25-8-10-27-11-9-25/h3-5,12,14,16H,2,6-11,13H2,1H3,(H,23,26)/t16-/m0/s1. The van der Waals surface area contributed by atoms with Crippen molar-refractivity contribution in [1.82, 2.24) is 9.97 Å². The molecule has 1 aromatic heterocycles. The van der Waals surface area contributed by atoms with Gasteiger partial charge in [-0.2, -0.15) is 0 Å². The Balaban J connectivity index is 1.42. The fourth-order valence-corrected chi connectivity index (χ4v) is 3.75. The number of hydrogen-bond acceptors (Lipinski definition) is 5. The maximum Gasteiger partial charge on any atom is 0.227 e. The molecule has 1 saturated heterocycles. The zero-order valence-electron chi connectivity index (χ0n) is 15.8. The fraction of sp³-hybridized carbons (Fsp3) is 0.476. The number of morpholine rings is 1. The van der Waals surface area contributed by atoms with Crippen molar-refractivity contribution in [3.63, 3.8) is 0 Å². The summed E-state index contributed by atoms with van der Waals surface area (Å²) >= 11 is 0. The average molecular weight is 366 g/mol. The van der Waals surface area contributed by atoms with E-state index in [1.807, 2.05) is 24.4 Å². The van der Waals surface area contributed by atoms with Crippen LogP contribution in [0, 0.1) is 5.92 Å². The molecule has 2 aliphatic rings. The highest BCUT2D eigenvalue weighted by Crippen LogP contribution is 2.26. The van der Waals surface area contributed by atoms with Gasteiger partial charge in [-0.25, -0.2) is 9.97 Å². The normalized spacial score (nSPS) is 19.4. The molecule has 1 aromatic carbocycles. The Hall–Kier alpha value is -2.47. The first kappa shape index (κ1) is 17.9. The van der Waals surface area contributed by atoms with Crippen LogP contribution in [0.15, 0.2) is 30.5 Å². The molecule has 1 fully saturated rings. The number of carbonyl (C=O) groups excluding carboxylic acids is 1. The van der Waals surface area contributed by atoms with Crippen LogP contribution in [0.4, 0.5) is 11.6 Å². The average Bonchev–Trinajstić information content (AvgIpc) is 2.73. The van der Waals surface area contributed by atoms with E-state index in [4.69, 9.17) is 9.72 Å². The second-order valence-corrected chi connectivity index (χ2v) is 7.22. The van der Waals surface area contributed by atoms with Gasteiger partial charge >= 0.3 is 0 Å². The summed E-state index contributed by atoms with van der Waals surface area (Å²) in [6, 6.07) is 8.07. The van der Waals surface area contributed by atoms with Crippen molar-refractivity contribution in [2.24, 2.45) is 5.92 Å². The molecule has 0 spiro atoms. The SMILES string of the molecule is CCc1cccc(NC(=O)[C@H]2CCc3nc(N4CCOCC4)ncc3C2)c1. The van der Waals surface area contributed by atoms with Crippen molar-refractivity contribution in [2.45, 2.75) is 32.6 Å². The summed E-state index contributed by atoms with van der Waals surface area (Å²) in [7, 11) is 0. The highest BCUT2D eigenvalue weighted by molar-refractivity contribution is 5.93. The molecule has 0 unspecified atom stereocenters. The molecule has 142 valence electrons.